The SMILES string of the molecule is c1sc(N2CCNCC2)nc1C1CCOCC1. The Kier molecular flexibility index (Phi) is 3.59. The van der Waals surface area contributed by atoms with Gasteiger partial charge in [0.05, 0.1) is 5.69 Å². The lowest BCUT2D eigenvalue weighted by molar-refractivity contribution is 0.0846. The standard InChI is InChI=1S/C12H19N3OS/c1-7-16-8-2-10(1)11-9-17-12(14-11)15-5-3-13-4-6-15/h9-10,13H,1-8H2. The van der Waals surface area contributed by atoms with E-state index in [4.69, 9.17) is 9.72 Å². The molecule has 1 aromatic heterocycles. The maximum Gasteiger partial charge on any atom is 0.185 e. The topological polar surface area (TPSA) is 37.4 Å². The molecule has 0 unspecified atom stereocenters. The zero-order valence-electron chi connectivity index (χ0n) is 10.0. The van der Waals surface area contributed by atoms with E-state index in [1.54, 1.807) is 11.3 Å². The molecule has 0 aliphatic carbocycles. The Hall–Kier alpha value is -0.650. The van der Waals surface area contributed by atoms with Crippen LogP contribution >= 0.6 is 11.3 Å². The molecule has 2 aliphatic heterocycles. The second-order valence-corrected chi connectivity index (χ2v) is 5.52. The molecule has 0 spiro atoms. The zero-order valence-corrected chi connectivity index (χ0v) is 10.8. The van der Waals surface area contributed by atoms with Gasteiger partial charge in [0.1, 0.15) is 0 Å². The van der Waals surface area contributed by atoms with Crippen molar-refractivity contribution in [2.45, 2.75) is 18.8 Å². The van der Waals surface area contributed by atoms with E-state index < -0.39 is 0 Å². The van der Waals surface area contributed by atoms with Crippen LogP contribution in [0.3, 0.4) is 0 Å². The maximum atomic E-state index is 5.40. The van der Waals surface area contributed by atoms with Crippen LogP contribution in [0.25, 0.3) is 0 Å². The summed E-state index contributed by atoms with van der Waals surface area (Å²) in [5.74, 6) is 0.622. The molecule has 3 heterocycles. The summed E-state index contributed by atoms with van der Waals surface area (Å²) in [6.45, 7) is 6.11. The van der Waals surface area contributed by atoms with Gasteiger partial charge >= 0.3 is 0 Å². The minimum atomic E-state index is 0.622. The molecule has 2 saturated heterocycles. The zero-order chi connectivity index (χ0) is 11.5. The van der Waals surface area contributed by atoms with E-state index >= 15 is 0 Å². The van der Waals surface area contributed by atoms with Gasteiger partial charge in [-0.3, -0.25) is 0 Å². The number of nitrogens with zero attached hydrogens (tertiary/aromatic N) is 2. The van der Waals surface area contributed by atoms with Gasteiger partial charge in [-0.15, -0.1) is 11.3 Å². The third-order valence-electron chi connectivity index (χ3n) is 3.54. The molecule has 2 fully saturated rings. The van der Waals surface area contributed by atoms with E-state index in [2.05, 4.69) is 15.6 Å². The van der Waals surface area contributed by atoms with Crippen molar-refractivity contribution in [2.75, 3.05) is 44.3 Å². The van der Waals surface area contributed by atoms with Crippen molar-refractivity contribution >= 4 is 16.5 Å². The molecular weight excluding hydrogens is 234 g/mol. The number of ether oxygens (including phenoxy) is 1. The third-order valence-corrected chi connectivity index (χ3v) is 4.46. The molecule has 5 heteroatoms. The smallest absolute Gasteiger partial charge is 0.185 e. The van der Waals surface area contributed by atoms with E-state index in [0.29, 0.717) is 5.92 Å². The quantitative estimate of drug-likeness (QED) is 0.865. The van der Waals surface area contributed by atoms with E-state index in [0.717, 1.165) is 52.2 Å². The molecular formula is C12H19N3OS. The Labute approximate surface area is 106 Å². The van der Waals surface area contributed by atoms with Gasteiger partial charge in [0, 0.05) is 50.7 Å². The Morgan fingerprint density at radius 2 is 2.06 bits per heavy atom. The van der Waals surface area contributed by atoms with Gasteiger partial charge < -0.3 is 15.0 Å². The molecule has 1 N–H and O–H groups in total. The summed E-state index contributed by atoms with van der Waals surface area (Å²) >= 11 is 1.80. The monoisotopic (exact) mass is 253 g/mol. The van der Waals surface area contributed by atoms with Gasteiger partial charge in [0.25, 0.3) is 0 Å². The van der Waals surface area contributed by atoms with Crippen LogP contribution in [0.1, 0.15) is 24.5 Å². The Bertz CT molecular complexity index is 324. The van der Waals surface area contributed by atoms with Crippen LogP contribution in [0.15, 0.2) is 5.38 Å². The van der Waals surface area contributed by atoms with Gasteiger partial charge in [-0.25, -0.2) is 4.98 Å². The number of aromatic nitrogens is 1. The summed E-state index contributed by atoms with van der Waals surface area (Å²) in [7, 11) is 0. The highest BCUT2D eigenvalue weighted by Crippen LogP contribution is 2.30. The summed E-state index contributed by atoms with van der Waals surface area (Å²) in [5.41, 5.74) is 1.28. The van der Waals surface area contributed by atoms with Gasteiger partial charge in [-0.1, -0.05) is 0 Å². The number of nitrogens with one attached hydrogen (secondary N) is 1. The summed E-state index contributed by atoms with van der Waals surface area (Å²) in [6.07, 6.45) is 2.26. The van der Waals surface area contributed by atoms with E-state index in [1.807, 2.05) is 0 Å². The summed E-state index contributed by atoms with van der Waals surface area (Å²) in [4.78, 5) is 7.21. The van der Waals surface area contributed by atoms with Gasteiger partial charge in [0.2, 0.25) is 0 Å². The number of anilines is 1. The van der Waals surface area contributed by atoms with Crippen LogP contribution in [0.5, 0.6) is 0 Å². The first-order valence-electron chi connectivity index (χ1n) is 6.42. The van der Waals surface area contributed by atoms with Crippen molar-refractivity contribution in [1.29, 1.82) is 0 Å². The molecule has 4 nitrogen and oxygen atoms in total. The number of thiazole rings is 1. The number of rotatable bonds is 2. The molecule has 0 radical (unpaired) electrons. The first-order valence-corrected chi connectivity index (χ1v) is 7.30. The van der Waals surface area contributed by atoms with Crippen LogP contribution in [-0.4, -0.2) is 44.4 Å². The van der Waals surface area contributed by atoms with Crippen molar-refractivity contribution in [2.24, 2.45) is 0 Å². The molecule has 0 bridgehead atoms. The number of piperazine rings is 1. The fourth-order valence-electron chi connectivity index (χ4n) is 2.46. The van der Waals surface area contributed by atoms with Gasteiger partial charge in [0.15, 0.2) is 5.13 Å². The highest BCUT2D eigenvalue weighted by atomic mass is 32.1. The molecule has 17 heavy (non-hydrogen) atoms. The van der Waals surface area contributed by atoms with Crippen LogP contribution in [0.2, 0.25) is 0 Å². The highest BCUT2D eigenvalue weighted by molar-refractivity contribution is 7.13. The molecule has 94 valence electrons. The summed E-state index contributed by atoms with van der Waals surface area (Å²) < 4.78 is 5.40. The van der Waals surface area contributed by atoms with Crippen LogP contribution < -0.4 is 10.2 Å². The van der Waals surface area contributed by atoms with E-state index in [9.17, 15) is 0 Å². The van der Waals surface area contributed by atoms with Gasteiger partial charge in [-0.05, 0) is 12.8 Å². The molecule has 2 aliphatic rings. The molecule has 0 atom stereocenters. The lowest BCUT2D eigenvalue weighted by atomic mass is 9.98. The third kappa shape index (κ3) is 2.61. The second kappa shape index (κ2) is 5.33. The predicted molar refractivity (Wildman–Crippen MR) is 70.0 cm³/mol. The van der Waals surface area contributed by atoms with Crippen molar-refractivity contribution in [3.63, 3.8) is 0 Å². The number of hydrogen-bond donors (Lipinski definition) is 1. The molecule has 0 saturated carbocycles. The van der Waals surface area contributed by atoms with Crippen LogP contribution in [0.4, 0.5) is 5.13 Å². The normalized spacial score (nSPS) is 22.9. The lowest BCUT2D eigenvalue weighted by Crippen LogP contribution is -2.43. The summed E-state index contributed by atoms with van der Waals surface area (Å²) in [6, 6.07) is 0. The predicted octanol–water partition coefficient (Wildman–Crippen LogP) is 1.45. The Morgan fingerprint density at radius 1 is 1.29 bits per heavy atom. The largest absolute Gasteiger partial charge is 0.381 e. The van der Waals surface area contributed by atoms with Crippen molar-refractivity contribution in [1.82, 2.24) is 10.3 Å². The van der Waals surface area contributed by atoms with Crippen molar-refractivity contribution in [3.05, 3.63) is 11.1 Å². The fraction of sp³-hybridized carbons (Fsp3) is 0.750. The highest BCUT2D eigenvalue weighted by Gasteiger charge is 2.20. The molecule has 1 aromatic rings. The second-order valence-electron chi connectivity index (χ2n) is 4.68. The average Bonchev–Trinajstić information content (AvgIpc) is 2.90. The Balaban J connectivity index is 1.68. The molecule has 0 aromatic carbocycles. The van der Waals surface area contributed by atoms with Crippen molar-refractivity contribution in [3.8, 4) is 0 Å². The molecule has 3 rings (SSSR count). The van der Waals surface area contributed by atoms with E-state index in [1.165, 1.54) is 10.8 Å². The Morgan fingerprint density at radius 3 is 2.82 bits per heavy atom. The average molecular weight is 253 g/mol. The van der Waals surface area contributed by atoms with Crippen molar-refractivity contribution < 1.29 is 4.74 Å². The fourth-order valence-corrected chi connectivity index (χ4v) is 3.42. The van der Waals surface area contributed by atoms with Crippen LogP contribution in [0, 0.1) is 0 Å². The minimum Gasteiger partial charge on any atom is -0.381 e. The summed E-state index contributed by atoms with van der Waals surface area (Å²) in [5, 5.41) is 6.82. The lowest BCUT2D eigenvalue weighted by Gasteiger charge is -2.27. The first kappa shape index (κ1) is 11.4. The van der Waals surface area contributed by atoms with E-state index in [-0.39, 0.29) is 0 Å². The minimum absolute atomic E-state index is 0.622. The van der Waals surface area contributed by atoms with Crippen LogP contribution in [-0.2, 0) is 4.74 Å². The maximum absolute atomic E-state index is 5.40. The first-order chi connectivity index (χ1) is 8.43. The van der Waals surface area contributed by atoms with Gasteiger partial charge in [-0.2, -0.15) is 0 Å². The molecule has 0 amide bonds. The number of hydrogen-bond acceptors (Lipinski definition) is 5.